The Balaban J connectivity index is 2.53. The van der Waals surface area contributed by atoms with Crippen molar-refractivity contribution >= 4 is 11.6 Å². The molecule has 0 bridgehead atoms. The lowest BCUT2D eigenvalue weighted by Gasteiger charge is -2.23. The highest BCUT2D eigenvalue weighted by Gasteiger charge is 2.39. The molecule has 1 fully saturated rings. The van der Waals surface area contributed by atoms with E-state index in [9.17, 15) is 18.0 Å². The minimum absolute atomic E-state index is 0.0667. The Bertz CT molecular complexity index is 485. The summed E-state index contributed by atoms with van der Waals surface area (Å²) < 4.78 is 38.8. The first-order valence-electron chi connectivity index (χ1n) is 5.53. The number of nitrogens with two attached hydrogens (primary N) is 1. The Morgan fingerprint density at radius 3 is 2.56 bits per heavy atom. The summed E-state index contributed by atoms with van der Waals surface area (Å²) in [5.74, 6) is -0.359. The van der Waals surface area contributed by atoms with E-state index in [-0.39, 0.29) is 24.6 Å². The van der Waals surface area contributed by atoms with Crippen LogP contribution in [-0.2, 0) is 11.0 Å². The maximum absolute atomic E-state index is 12.9. The Labute approximate surface area is 102 Å². The second-order valence-corrected chi connectivity index (χ2v) is 4.44. The molecule has 0 aromatic heterocycles. The topological polar surface area (TPSA) is 46.3 Å². The molecule has 0 spiro atoms. The van der Waals surface area contributed by atoms with Crippen LogP contribution < -0.4 is 10.6 Å². The number of aryl methyl sites for hydroxylation is 1. The highest BCUT2D eigenvalue weighted by Crippen LogP contribution is 2.39. The summed E-state index contributed by atoms with van der Waals surface area (Å²) >= 11 is 0. The number of benzene rings is 1. The highest BCUT2D eigenvalue weighted by molar-refractivity contribution is 5.97. The Morgan fingerprint density at radius 2 is 2.06 bits per heavy atom. The van der Waals surface area contributed by atoms with Gasteiger partial charge in [0, 0.05) is 19.0 Å². The Kier molecular flexibility index (Phi) is 3.06. The lowest BCUT2D eigenvalue weighted by molar-refractivity contribution is -0.137. The van der Waals surface area contributed by atoms with E-state index in [4.69, 9.17) is 5.73 Å². The molecule has 98 valence electrons. The van der Waals surface area contributed by atoms with E-state index < -0.39 is 17.8 Å². The van der Waals surface area contributed by atoms with Gasteiger partial charge in [-0.1, -0.05) is 12.1 Å². The van der Waals surface area contributed by atoms with Crippen molar-refractivity contribution < 1.29 is 18.0 Å². The van der Waals surface area contributed by atoms with Gasteiger partial charge in [-0.3, -0.25) is 4.79 Å². The first kappa shape index (κ1) is 12.9. The minimum atomic E-state index is -4.48. The van der Waals surface area contributed by atoms with Crippen molar-refractivity contribution in [3.8, 4) is 0 Å². The molecule has 2 rings (SSSR count). The lowest BCUT2D eigenvalue weighted by atomic mass is 10.1. The van der Waals surface area contributed by atoms with Crippen LogP contribution in [0.2, 0.25) is 0 Å². The van der Waals surface area contributed by atoms with E-state index in [1.807, 2.05) is 0 Å². The summed E-state index contributed by atoms with van der Waals surface area (Å²) in [5, 5.41) is 0. The predicted molar refractivity (Wildman–Crippen MR) is 61.1 cm³/mol. The molecule has 6 heteroatoms. The van der Waals surface area contributed by atoms with Crippen LogP contribution in [-0.4, -0.2) is 18.5 Å². The molecule has 1 heterocycles. The predicted octanol–water partition coefficient (Wildman–Crippen LogP) is 2.08. The first-order valence-corrected chi connectivity index (χ1v) is 5.53. The molecule has 1 aromatic carbocycles. The van der Waals surface area contributed by atoms with Crippen LogP contribution in [0.3, 0.4) is 0 Å². The Hall–Kier alpha value is -1.56. The standard InChI is InChI=1S/C12H13F3N2O/c1-7-3-2-4-9(12(13,14)15)11(7)17-6-8(16)5-10(17)18/h2-4,8H,5-6,16H2,1H3. The number of carbonyl (C=O) groups is 1. The molecule has 1 amide bonds. The number of alkyl halides is 3. The maximum Gasteiger partial charge on any atom is 0.418 e. The average molecular weight is 258 g/mol. The van der Waals surface area contributed by atoms with Gasteiger partial charge < -0.3 is 10.6 Å². The number of para-hydroxylation sites is 1. The Morgan fingerprint density at radius 1 is 1.39 bits per heavy atom. The molecule has 1 unspecified atom stereocenters. The number of anilines is 1. The zero-order valence-corrected chi connectivity index (χ0v) is 9.79. The van der Waals surface area contributed by atoms with E-state index in [1.54, 1.807) is 13.0 Å². The van der Waals surface area contributed by atoms with Crippen molar-refractivity contribution in [1.82, 2.24) is 0 Å². The molecule has 0 saturated carbocycles. The van der Waals surface area contributed by atoms with Crippen molar-refractivity contribution in [3.05, 3.63) is 29.3 Å². The van der Waals surface area contributed by atoms with Crippen LogP contribution in [0.1, 0.15) is 17.5 Å². The van der Waals surface area contributed by atoms with Gasteiger partial charge in [0.1, 0.15) is 0 Å². The molecular weight excluding hydrogens is 245 g/mol. The van der Waals surface area contributed by atoms with Crippen molar-refractivity contribution in [2.75, 3.05) is 11.4 Å². The van der Waals surface area contributed by atoms with Crippen molar-refractivity contribution in [2.45, 2.75) is 25.6 Å². The van der Waals surface area contributed by atoms with Gasteiger partial charge in [-0.2, -0.15) is 13.2 Å². The SMILES string of the molecule is Cc1cccc(C(F)(F)F)c1N1CC(N)CC1=O. The first-order chi connectivity index (χ1) is 8.30. The van der Waals surface area contributed by atoms with Gasteiger partial charge in [0.25, 0.3) is 0 Å². The number of hydrogen-bond donors (Lipinski definition) is 1. The summed E-state index contributed by atoms with van der Waals surface area (Å²) in [4.78, 5) is 12.8. The third kappa shape index (κ3) is 2.20. The van der Waals surface area contributed by atoms with Crippen LogP contribution >= 0.6 is 0 Å². The van der Waals surface area contributed by atoms with E-state index in [0.717, 1.165) is 11.0 Å². The second-order valence-electron chi connectivity index (χ2n) is 4.44. The lowest BCUT2D eigenvalue weighted by Crippen LogP contribution is -2.30. The zero-order chi connectivity index (χ0) is 13.5. The van der Waals surface area contributed by atoms with Gasteiger partial charge >= 0.3 is 6.18 Å². The van der Waals surface area contributed by atoms with E-state index in [1.165, 1.54) is 6.07 Å². The zero-order valence-electron chi connectivity index (χ0n) is 9.79. The number of nitrogens with zero attached hydrogens (tertiary/aromatic N) is 1. The third-order valence-electron chi connectivity index (χ3n) is 2.97. The molecule has 1 saturated heterocycles. The fourth-order valence-electron chi connectivity index (χ4n) is 2.20. The molecule has 2 N–H and O–H groups in total. The summed E-state index contributed by atoms with van der Waals surface area (Å²) in [5.41, 5.74) is 5.19. The fraction of sp³-hybridized carbons (Fsp3) is 0.417. The second kappa shape index (κ2) is 4.28. The quantitative estimate of drug-likeness (QED) is 0.838. The molecule has 1 aliphatic heterocycles. The van der Waals surface area contributed by atoms with Crippen LogP contribution in [0.15, 0.2) is 18.2 Å². The van der Waals surface area contributed by atoms with Crippen molar-refractivity contribution in [3.63, 3.8) is 0 Å². The molecule has 0 radical (unpaired) electrons. The number of rotatable bonds is 1. The highest BCUT2D eigenvalue weighted by atomic mass is 19.4. The summed E-state index contributed by atoms with van der Waals surface area (Å²) in [6.45, 7) is 1.69. The number of carbonyl (C=O) groups excluding carboxylic acids is 1. The average Bonchev–Trinajstić information content (AvgIpc) is 2.56. The number of amides is 1. The van der Waals surface area contributed by atoms with Gasteiger partial charge in [-0.25, -0.2) is 0 Å². The number of hydrogen-bond acceptors (Lipinski definition) is 2. The molecule has 3 nitrogen and oxygen atoms in total. The summed E-state index contributed by atoms with van der Waals surface area (Å²) in [6, 6.07) is 3.47. The summed E-state index contributed by atoms with van der Waals surface area (Å²) in [7, 11) is 0. The van der Waals surface area contributed by atoms with E-state index in [2.05, 4.69) is 0 Å². The third-order valence-corrected chi connectivity index (χ3v) is 2.97. The molecular formula is C12H13F3N2O. The van der Waals surface area contributed by atoms with Gasteiger partial charge in [0.2, 0.25) is 5.91 Å². The summed E-state index contributed by atoms with van der Waals surface area (Å²) in [6.07, 6.45) is -4.39. The van der Waals surface area contributed by atoms with Gasteiger partial charge in [0.05, 0.1) is 11.3 Å². The maximum atomic E-state index is 12.9. The minimum Gasteiger partial charge on any atom is -0.326 e. The van der Waals surface area contributed by atoms with Gasteiger partial charge in [-0.05, 0) is 18.6 Å². The molecule has 1 aliphatic rings. The van der Waals surface area contributed by atoms with Crippen molar-refractivity contribution in [1.29, 1.82) is 0 Å². The smallest absolute Gasteiger partial charge is 0.326 e. The largest absolute Gasteiger partial charge is 0.418 e. The van der Waals surface area contributed by atoms with Crippen LogP contribution in [0.4, 0.5) is 18.9 Å². The van der Waals surface area contributed by atoms with Crippen LogP contribution in [0.5, 0.6) is 0 Å². The monoisotopic (exact) mass is 258 g/mol. The molecule has 1 aromatic rings. The van der Waals surface area contributed by atoms with Gasteiger partial charge in [0.15, 0.2) is 0 Å². The van der Waals surface area contributed by atoms with E-state index in [0.29, 0.717) is 5.56 Å². The van der Waals surface area contributed by atoms with Gasteiger partial charge in [-0.15, -0.1) is 0 Å². The van der Waals surface area contributed by atoms with Crippen LogP contribution in [0, 0.1) is 6.92 Å². The van der Waals surface area contributed by atoms with Crippen LogP contribution in [0.25, 0.3) is 0 Å². The fourth-order valence-corrected chi connectivity index (χ4v) is 2.20. The molecule has 18 heavy (non-hydrogen) atoms. The van der Waals surface area contributed by atoms with E-state index >= 15 is 0 Å². The molecule has 0 aliphatic carbocycles. The normalized spacial score (nSPS) is 20.6. The number of halogens is 3. The molecule has 1 atom stereocenters. The van der Waals surface area contributed by atoms with Crippen molar-refractivity contribution in [2.24, 2.45) is 5.73 Å².